The van der Waals surface area contributed by atoms with Crippen LogP contribution in [0.5, 0.6) is 0 Å². The van der Waals surface area contributed by atoms with Crippen molar-refractivity contribution in [1.29, 1.82) is 0 Å². The van der Waals surface area contributed by atoms with E-state index >= 15 is 0 Å². The van der Waals surface area contributed by atoms with Crippen molar-refractivity contribution in [3.63, 3.8) is 0 Å². The molecular formula is C15H26N2O. The molecule has 1 aromatic rings. The molecule has 0 amide bonds. The zero-order valence-electron chi connectivity index (χ0n) is 11.7. The molecule has 3 nitrogen and oxygen atoms in total. The zero-order valence-corrected chi connectivity index (χ0v) is 11.7. The Morgan fingerprint density at radius 1 is 1.44 bits per heavy atom. The Morgan fingerprint density at radius 2 is 2.28 bits per heavy atom. The standard InChI is InChI=1S/C15H26N2O/c1-3-9-17-10-4-5-14(17)12-16-13-15(6-7-15)8-11-18-2/h4-5,10,16H,3,6-9,11-13H2,1-2H3. The van der Waals surface area contributed by atoms with Crippen molar-refractivity contribution in [3.8, 4) is 0 Å². The second-order valence-corrected chi connectivity index (χ2v) is 5.54. The summed E-state index contributed by atoms with van der Waals surface area (Å²) in [6.07, 6.45) is 7.29. The number of nitrogens with one attached hydrogen (secondary N) is 1. The monoisotopic (exact) mass is 250 g/mol. The van der Waals surface area contributed by atoms with Gasteiger partial charge >= 0.3 is 0 Å². The van der Waals surface area contributed by atoms with E-state index in [1.165, 1.54) is 31.4 Å². The highest BCUT2D eigenvalue weighted by Gasteiger charge is 2.41. The van der Waals surface area contributed by atoms with Gasteiger partial charge in [0.1, 0.15) is 0 Å². The summed E-state index contributed by atoms with van der Waals surface area (Å²) in [5.41, 5.74) is 1.94. The molecule has 1 saturated carbocycles. The van der Waals surface area contributed by atoms with Gasteiger partial charge in [-0.15, -0.1) is 0 Å². The number of ether oxygens (including phenoxy) is 1. The molecule has 102 valence electrons. The molecule has 0 spiro atoms. The van der Waals surface area contributed by atoms with Gasteiger partial charge < -0.3 is 14.6 Å². The fraction of sp³-hybridized carbons (Fsp3) is 0.733. The van der Waals surface area contributed by atoms with Crippen LogP contribution in [0.2, 0.25) is 0 Å². The van der Waals surface area contributed by atoms with Gasteiger partial charge in [-0.1, -0.05) is 6.92 Å². The molecule has 18 heavy (non-hydrogen) atoms. The maximum atomic E-state index is 5.19. The van der Waals surface area contributed by atoms with Crippen LogP contribution in [0, 0.1) is 5.41 Å². The maximum Gasteiger partial charge on any atom is 0.0468 e. The van der Waals surface area contributed by atoms with Gasteiger partial charge in [-0.05, 0) is 43.2 Å². The molecule has 0 saturated heterocycles. The van der Waals surface area contributed by atoms with Crippen LogP contribution in [0.1, 0.15) is 38.3 Å². The van der Waals surface area contributed by atoms with E-state index in [4.69, 9.17) is 4.74 Å². The molecule has 0 atom stereocenters. The first-order valence-electron chi connectivity index (χ1n) is 7.13. The third-order valence-corrected chi connectivity index (χ3v) is 3.99. The zero-order chi connectivity index (χ0) is 12.8. The van der Waals surface area contributed by atoms with Crippen LogP contribution in [0.15, 0.2) is 18.3 Å². The Hall–Kier alpha value is -0.800. The van der Waals surface area contributed by atoms with E-state index in [1.54, 1.807) is 7.11 Å². The normalized spacial score (nSPS) is 17.0. The van der Waals surface area contributed by atoms with E-state index in [0.717, 1.165) is 26.2 Å². The topological polar surface area (TPSA) is 26.2 Å². The van der Waals surface area contributed by atoms with E-state index in [1.807, 2.05) is 0 Å². The van der Waals surface area contributed by atoms with Crippen LogP contribution in [-0.4, -0.2) is 24.8 Å². The molecular weight excluding hydrogens is 224 g/mol. The summed E-state index contributed by atoms with van der Waals surface area (Å²) in [5, 5.41) is 3.62. The van der Waals surface area contributed by atoms with Crippen molar-refractivity contribution in [2.24, 2.45) is 5.41 Å². The largest absolute Gasteiger partial charge is 0.385 e. The number of nitrogens with zero attached hydrogens (tertiary/aromatic N) is 1. The van der Waals surface area contributed by atoms with Crippen molar-refractivity contribution >= 4 is 0 Å². The Morgan fingerprint density at radius 3 is 2.94 bits per heavy atom. The summed E-state index contributed by atoms with van der Waals surface area (Å²) in [5.74, 6) is 0. The second-order valence-electron chi connectivity index (χ2n) is 5.54. The van der Waals surface area contributed by atoms with Gasteiger partial charge in [0, 0.05) is 45.2 Å². The van der Waals surface area contributed by atoms with Crippen molar-refractivity contribution < 1.29 is 4.74 Å². The molecule has 1 fully saturated rings. The van der Waals surface area contributed by atoms with E-state index in [9.17, 15) is 0 Å². The van der Waals surface area contributed by atoms with Crippen molar-refractivity contribution in [1.82, 2.24) is 9.88 Å². The van der Waals surface area contributed by atoms with Gasteiger partial charge in [0.05, 0.1) is 0 Å². The van der Waals surface area contributed by atoms with E-state index in [-0.39, 0.29) is 0 Å². The fourth-order valence-electron chi connectivity index (χ4n) is 2.54. The maximum absolute atomic E-state index is 5.19. The molecule has 1 N–H and O–H groups in total. The van der Waals surface area contributed by atoms with Gasteiger partial charge in [0.25, 0.3) is 0 Å². The minimum absolute atomic E-state index is 0.540. The van der Waals surface area contributed by atoms with Crippen LogP contribution in [0.3, 0.4) is 0 Å². The third-order valence-electron chi connectivity index (χ3n) is 3.99. The van der Waals surface area contributed by atoms with Crippen LogP contribution < -0.4 is 5.32 Å². The lowest BCUT2D eigenvalue weighted by atomic mass is 10.0. The van der Waals surface area contributed by atoms with E-state index < -0.39 is 0 Å². The number of rotatable bonds is 9. The average molecular weight is 250 g/mol. The molecule has 0 unspecified atom stereocenters. The summed E-state index contributed by atoms with van der Waals surface area (Å²) in [7, 11) is 1.79. The molecule has 1 heterocycles. The number of aryl methyl sites for hydroxylation is 1. The molecule has 1 aliphatic carbocycles. The second kappa shape index (κ2) is 6.39. The van der Waals surface area contributed by atoms with Gasteiger partial charge in [-0.3, -0.25) is 0 Å². The van der Waals surface area contributed by atoms with Gasteiger partial charge in [-0.2, -0.15) is 0 Å². The molecule has 1 aliphatic rings. The number of aromatic nitrogens is 1. The number of hydrogen-bond donors (Lipinski definition) is 1. The van der Waals surface area contributed by atoms with E-state index in [2.05, 4.69) is 35.1 Å². The summed E-state index contributed by atoms with van der Waals surface area (Å²) in [6.45, 7) is 6.36. The SMILES string of the molecule is CCCn1cccc1CNCC1(CCOC)CC1. The molecule has 0 aromatic carbocycles. The Bertz CT molecular complexity index is 355. The van der Waals surface area contributed by atoms with Gasteiger partial charge in [-0.25, -0.2) is 0 Å². The predicted molar refractivity (Wildman–Crippen MR) is 74.6 cm³/mol. The summed E-state index contributed by atoms with van der Waals surface area (Å²) in [6, 6.07) is 4.36. The predicted octanol–water partition coefficient (Wildman–Crippen LogP) is 2.80. The quantitative estimate of drug-likeness (QED) is 0.729. The summed E-state index contributed by atoms with van der Waals surface area (Å²) < 4.78 is 7.54. The van der Waals surface area contributed by atoms with Gasteiger partial charge in [0.2, 0.25) is 0 Å². The highest BCUT2D eigenvalue weighted by molar-refractivity contribution is 5.07. The molecule has 0 bridgehead atoms. The fourth-order valence-corrected chi connectivity index (χ4v) is 2.54. The van der Waals surface area contributed by atoms with Crippen LogP contribution >= 0.6 is 0 Å². The number of methoxy groups -OCH3 is 1. The summed E-state index contributed by atoms with van der Waals surface area (Å²) in [4.78, 5) is 0. The highest BCUT2D eigenvalue weighted by Crippen LogP contribution is 2.48. The van der Waals surface area contributed by atoms with Crippen molar-refractivity contribution in [3.05, 3.63) is 24.0 Å². The lowest BCUT2D eigenvalue weighted by Crippen LogP contribution is -2.25. The molecule has 0 aliphatic heterocycles. The Labute approximate surface area is 111 Å². The Kier molecular flexibility index (Phi) is 4.84. The highest BCUT2D eigenvalue weighted by atomic mass is 16.5. The van der Waals surface area contributed by atoms with Crippen molar-refractivity contribution in [2.45, 2.75) is 45.7 Å². The first-order valence-corrected chi connectivity index (χ1v) is 7.13. The van der Waals surface area contributed by atoms with Crippen LogP contribution in [-0.2, 0) is 17.8 Å². The Balaban J connectivity index is 1.73. The smallest absolute Gasteiger partial charge is 0.0468 e. The summed E-state index contributed by atoms with van der Waals surface area (Å²) >= 11 is 0. The third kappa shape index (κ3) is 3.59. The van der Waals surface area contributed by atoms with Gasteiger partial charge in [0.15, 0.2) is 0 Å². The lowest BCUT2D eigenvalue weighted by Gasteiger charge is -2.16. The van der Waals surface area contributed by atoms with Crippen LogP contribution in [0.25, 0.3) is 0 Å². The van der Waals surface area contributed by atoms with E-state index in [0.29, 0.717) is 5.41 Å². The minimum atomic E-state index is 0.540. The number of hydrogen-bond acceptors (Lipinski definition) is 2. The first kappa shape index (κ1) is 13.6. The van der Waals surface area contributed by atoms with Crippen LogP contribution in [0.4, 0.5) is 0 Å². The molecule has 3 heteroatoms. The molecule has 0 radical (unpaired) electrons. The van der Waals surface area contributed by atoms with Crippen molar-refractivity contribution in [2.75, 3.05) is 20.3 Å². The average Bonchev–Trinajstić information content (AvgIpc) is 3.01. The first-order chi connectivity index (χ1) is 8.79. The molecule has 1 aromatic heterocycles. The minimum Gasteiger partial charge on any atom is -0.385 e. The lowest BCUT2D eigenvalue weighted by molar-refractivity contribution is 0.171. The molecule has 2 rings (SSSR count).